The molecular formula is C18H12ClN3O3S. The van der Waals surface area contributed by atoms with Crippen molar-refractivity contribution in [1.29, 1.82) is 5.41 Å². The maximum atomic E-state index is 12.2. The van der Waals surface area contributed by atoms with Crippen LogP contribution in [0.4, 0.5) is 0 Å². The Hall–Kier alpha value is -2.77. The van der Waals surface area contributed by atoms with Crippen LogP contribution >= 0.6 is 23.4 Å². The number of carbonyl (C=O) groups excluding carboxylic acids is 1. The van der Waals surface area contributed by atoms with E-state index in [0.29, 0.717) is 27.5 Å². The molecule has 1 aromatic heterocycles. The van der Waals surface area contributed by atoms with Crippen molar-refractivity contribution in [3.63, 3.8) is 0 Å². The van der Waals surface area contributed by atoms with Crippen molar-refractivity contribution >= 4 is 47.0 Å². The van der Waals surface area contributed by atoms with Gasteiger partial charge in [-0.1, -0.05) is 23.4 Å². The number of benzene rings is 1. The van der Waals surface area contributed by atoms with Gasteiger partial charge in [0.2, 0.25) is 0 Å². The van der Waals surface area contributed by atoms with Gasteiger partial charge in [-0.05, 0) is 49.4 Å². The average Bonchev–Trinajstić information content (AvgIpc) is 3.19. The molecule has 0 radical (unpaired) electrons. The summed E-state index contributed by atoms with van der Waals surface area (Å²) in [6.45, 7) is 1.73. The summed E-state index contributed by atoms with van der Waals surface area (Å²) < 4.78 is 5.73. The minimum Gasteiger partial charge on any atom is -0.450 e. The van der Waals surface area contributed by atoms with Gasteiger partial charge in [0.15, 0.2) is 16.8 Å². The standard InChI is InChI=1S/C18H12ClN3O3S/c1-10-8-15-21-18(23)14(17(20)22(15)25-10)9-12-4-7-16(24-12)26-13-5-2-11(19)3-6-13/h2-9,20H,1H3/b14-9+,20-17?. The predicted octanol–water partition coefficient (Wildman–Crippen LogP) is 4.53. The van der Waals surface area contributed by atoms with E-state index in [9.17, 15) is 4.79 Å². The quantitative estimate of drug-likeness (QED) is 0.785. The van der Waals surface area contributed by atoms with E-state index in [-0.39, 0.29) is 11.4 Å². The molecule has 1 N–H and O–H groups in total. The Balaban J connectivity index is 1.56. The van der Waals surface area contributed by atoms with Crippen molar-refractivity contribution < 1.29 is 14.0 Å². The Kier molecular flexibility index (Phi) is 4.18. The van der Waals surface area contributed by atoms with E-state index in [1.807, 2.05) is 12.1 Å². The molecule has 6 nitrogen and oxygen atoms in total. The number of allylic oxidation sites excluding steroid dienone is 1. The van der Waals surface area contributed by atoms with Crippen molar-refractivity contribution in [2.24, 2.45) is 4.99 Å². The van der Waals surface area contributed by atoms with Gasteiger partial charge in [0.1, 0.15) is 11.5 Å². The van der Waals surface area contributed by atoms with E-state index in [2.05, 4.69) is 4.99 Å². The number of hydroxylamine groups is 2. The number of nitrogens with one attached hydrogen (secondary N) is 1. The molecule has 4 rings (SSSR count). The Bertz CT molecular complexity index is 1000. The zero-order valence-corrected chi connectivity index (χ0v) is 15.1. The van der Waals surface area contributed by atoms with Crippen molar-refractivity contribution in [3.05, 3.63) is 64.6 Å². The molecule has 130 valence electrons. The fraction of sp³-hybridized carbons (Fsp3) is 0.0556. The van der Waals surface area contributed by atoms with Crippen LogP contribution in [-0.4, -0.2) is 22.6 Å². The zero-order valence-electron chi connectivity index (χ0n) is 13.5. The van der Waals surface area contributed by atoms with Crippen LogP contribution in [0.15, 0.2) is 73.2 Å². The third kappa shape index (κ3) is 3.18. The van der Waals surface area contributed by atoms with E-state index in [0.717, 1.165) is 4.90 Å². The SMILES string of the molecule is CC1=CC2=NC(=O)/C(=C/c3ccc(Sc4ccc(Cl)cc4)o3)C(=N)N2O1. The van der Waals surface area contributed by atoms with Gasteiger partial charge in [-0.15, -0.1) is 5.06 Å². The molecule has 0 atom stereocenters. The Morgan fingerprint density at radius 1 is 1.23 bits per heavy atom. The van der Waals surface area contributed by atoms with Crippen molar-refractivity contribution in [2.45, 2.75) is 16.9 Å². The number of halogens is 1. The van der Waals surface area contributed by atoms with Gasteiger partial charge in [0.25, 0.3) is 5.91 Å². The lowest BCUT2D eigenvalue weighted by molar-refractivity contribution is -0.114. The van der Waals surface area contributed by atoms with Crippen LogP contribution in [-0.2, 0) is 9.63 Å². The number of nitrogens with zero attached hydrogens (tertiary/aromatic N) is 2. The predicted molar refractivity (Wildman–Crippen MR) is 99.1 cm³/mol. The van der Waals surface area contributed by atoms with Gasteiger partial charge >= 0.3 is 0 Å². The van der Waals surface area contributed by atoms with Crippen molar-refractivity contribution in [2.75, 3.05) is 0 Å². The molecule has 0 fully saturated rings. The molecule has 1 aromatic carbocycles. The maximum absolute atomic E-state index is 12.2. The molecule has 3 heterocycles. The first kappa shape index (κ1) is 16.7. The number of aliphatic imine (C=N–C) groups is 1. The second-order valence-corrected chi connectivity index (χ2v) is 7.05. The van der Waals surface area contributed by atoms with Gasteiger partial charge in [0, 0.05) is 16.0 Å². The normalized spacial score (nSPS) is 17.9. The number of amides is 1. The topological polar surface area (TPSA) is 78.9 Å². The van der Waals surface area contributed by atoms with Crippen LogP contribution in [0.2, 0.25) is 5.02 Å². The van der Waals surface area contributed by atoms with Gasteiger partial charge in [-0.2, -0.15) is 4.99 Å². The summed E-state index contributed by atoms with van der Waals surface area (Å²) in [4.78, 5) is 22.5. The average molecular weight is 386 g/mol. The second kappa shape index (κ2) is 6.51. The van der Waals surface area contributed by atoms with Crippen LogP contribution < -0.4 is 0 Å². The van der Waals surface area contributed by atoms with Gasteiger partial charge < -0.3 is 9.25 Å². The number of rotatable bonds is 3. The highest BCUT2D eigenvalue weighted by Gasteiger charge is 2.34. The molecule has 0 aliphatic carbocycles. The van der Waals surface area contributed by atoms with E-state index < -0.39 is 5.91 Å². The smallest absolute Gasteiger partial charge is 0.283 e. The third-order valence-electron chi connectivity index (χ3n) is 3.60. The first-order valence-electron chi connectivity index (χ1n) is 7.63. The first-order chi connectivity index (χ1) is 12.5. The highest BCUT2D eigenvalue weighted by molar-refractivity contribution is 7.99. The van der Waals surface area contributed by atoms with Crippen LogP contribution in [0.3, 0.4) is 0 Å². The summed E-state index contributed by atoms with van der Waals surface area (Å²) in [7, 11) is 0. The largest absolute Gasteiger partial charge is 0.450 e. The summed E-state index contributed by atoms with van der Waals surface area (Å²) in [6.07, 6.45) is 3.10. The minimum absolute atomic E-state index is 0.0728. The molecule has 1 amide bonds. The zero-order chi connectivity index (χ0) is 18.3. The van der Waals surface area contributed by atoms with Gasteiger partial charge in [-0.3, -0.25) is 10.2 Å². The highest BCUT2D eigenvalue weighted by Crippen LogP contribution is 2.31. The van der Waals surface area contributed by atoms with Crippen LogP contribution in [0.25, 0.3) is 6.08 Å². The van der Waals surface area contributed by atoms with E-state index in [1.54, 1.807) is 37.3 Å². The number of hydrogen-bond acceptors (Lipinski definition) is 5. The molecule has 0 spiro atoms. The van der Waals surface area contributed by atoms with Crippen molar-refractivity contribution in [1.82, 2.24) is 5.06 Å². The van der Waals surface area contributed by atoms with Crippen LogP contribution in [0.1, 0.15) is 12.7 Å². The molecule has 0 bridgehead atoms. The minimum atomic E-state index is -0.501. The molecule has 8 heteroatoms. The maximum Gasteiger partial charge on any atom is 0.283 e. The Morgan fingerprint density at radius 3 is 2.77 bits per heavy atom. The summed E-state index contributed by atoms with van der Waals surface area (Å²) >= 11 is 7.31. The lowest BCUT2D eigenvalue weighted by Gasteiger charge is -2.22. The summed E-state index contributed by atoms with van der Waals surface area (Å²) in [5.41, 5.74) is 0.106. The number of hydrogen-bond donors (Lipinski definition) is 1. The molecule has 0 unspecified atom stereocenters. The van der Waals surface area contributed by atoms with E-state index in [4.69, 9.17) is 26.3 Å². The molecule has 2 aromatic rings. The number of furan rings is 1. The van der Waals surface area contributed by atoms with Crippen LogP contribution in [0, 0.1) is 5.41 Å². The Morgan fingerprint density at radius 2 is 2.00 bits per heavy atom. The van der Waals surface area contributed by atoms with Crippen LogP contribution in [0.5, 0.6) is 0 Å². The number of amidine groups is 2. The fourth-order valence-electron chi connectivity index (χ4n) is 2.43. The number of carbonyl (C=O) groups is 1. The molecular weight excluding hydrogens is 374 g/mol. The monoisotopic (exact) mass is 385 g/mol. The summed E-state index contributed by atoms with van der Waals surface area (Å²) in [5, 5.41) is 10.7. The molecule has 0 saturated heterocycles. The highest BCUT2D eigenvalue weighted by atomic mass is 35.5. The lowest BCUT2D eigenvalue weighted by atomic mass is 10.1. The van der Waals surface area contributed by atoms with E-state index >= 15 is 0 Å². The second-order valence-electron chi connectivity index (χ2n) is 5.54. The Labute approximate surface area is 158 Å². The first-order valence-corrected chi connectivity index (χ1v) is 8.82. The molecule has 0 saturated carbocycles. The molecule has 26 heavy (non-hydrogen) atoms. The summed E-state index contributed by atoms with van der Waals surface area (Å²) in [5.74, 6) is 0.767. The molecule has 2 aliphatic rings. The van der Waals surface area contributed by atoms with E-state index in [1.165, 1.54) is 22.9 Å². The van der Waals surface area contributed by atoms with Gasteiger partial charge in [0.05, 0.1) is 5.57 Å². The fourth-order valence-corrected chi connectivity index (χ4v) is 3.33. The lowest BCUT2D eigenvalue weighted by Crippen LogP contribution is -2.38. The number of fused-ring (bicyclic) bond motifs is 1. The third-order valence-corrected chi connectivity index (χ3v) is 4.78. The summed E-state index contributed by atoms with van der Waals surface area (Å²) in [6, 6.07) is 10.9. The van der Waals surface area contributed by atoms with Gasteiger partial charge in [-0.25, -0.2) is 0 Å². The molecule has 2 aliphatic heterocycles. The van der Waals surface area contributed by atoms with Crippen molar-refractivity contribution in [3.8, 4) is 0 Å².